The Labute approximate surface area is 112 Å². The number of carbonyl (C=O) groups excluding carboxylic acids is 1. The van der Waals surface area contributed by atoms with E-state index in [1.807, 2.05) is 12.1 Å². The van der Waals surface area contributed by atoms with Crippen LogP contribution in [0.1, 0.15) is 24.2 Å². The van der Waals surface area contributed by atoms with Gasteiger partial charge in [-0.2, -0.15) is 0 Å². The maximum absolute atomic E-state index is 12.3. The molecule has 1 aromatic carbocycles. The Morgan fingerprint density at radius 3 is 2.53 bits per heavy atom. The Kier molecular flexibility index (Phi) is 3.18. The molecule has 100 valence electrons. The molecule has 0 radical (unpaired) electrons. The molecule has 0 unspecified atom stereocenters. The molecule has 0 fully saturated rings. The lowest BCUT2D eigenvalue weighted by Crippen LogP contribution is -2.39. The molecular formula is C14H15NO3S. The number of fused-ring (bicyclic) bond motifs is 1. The molecule has 0 atom stereocenters. The van der Waals surface area contributed by atoms with Crippen molar-refractivity contribution in [1.29, 1.82) is 0 Å². The third-order valence-corrected chi connectivity index (χ3v) is 5.38. The van der Waals surface area contributed by atoms with Crippen LogP contribution in [-0.4, -0.2) is 30.2 Å². The minimum absolute atomic E-state index is 0.363. The van der Waals surface area contributed by atoms with Gasteiger partial charge in [-0.3, -0.25) is 9.78 Å². The van der Waals surface area contributed by atoms with E-state index in [0.29, 0.717) is 11.1 Å². The molecule has 19 heavy (non-hydrogen) atoms. The van der Waals surface area contributed by atoms with Gasteiger partial charge < -0.3 is 0 Å². The fraction of sp³-hybridized carbons (Fsp3) is 0.286. The maximum Gasteiger partial charge on any atom is 0.183 e. The number of carbonyl (C=O) groups is 1. The zero-order valence-electron chi connectivity index (χ0n) is 11.0. The molecule has 0 aliphatic heterocycles. The van der Waals surface area contributed by atoms with Gasteiger partial charge in [0, 0.05) is 23.4 Å². The highest BCUT2D eigenvalue weighted by Gasteiger charge is 2.38. The van der Waals surface area contributed by atoms with E-state index >= 15 is 0 Å². The quantitative estimate of drug-likeness (QED) is 0.807. The Balaban J connectivity index is 2.54. The zero-order chi connectivity index (χ0) is 14.3. The summed E-state index contributed by atoms with van der Waals surface area (Å²) in [7, 11) is -3.47. The van der Waals surface area contributed by atoms with Crippen LogP contribution < -0.4 is 0 Å². The molecule has 1 aromatic heterocycles. The SMILES string of the molecule is CC(C)(C(=O)c1ccc2cccnc2c1)S(C)(=O)=O. The number of Topliss-reactive ketones (excluding diaryl/α,β-unsaturated/α-hetero) is 1. The van der Waals surface area contributed by atoms with Gasteiger partial charge in [0.1, 0.15) is 4.75 Å². The Morgan fingerprint density at radius 1 is 1.21 bits per heavy atom. The second kappa shape index (κ2) is 4.42. The zero-order valence-corrected chi connectivity index (χ0v) is 11.9. The van der Waals surface area contributed by atoms with Crippen molar-refractivity contribution in [3.63, 3.8) is 0 Å². The fourth-order valence-corrected chi connectivity index (χ4v) is 2.18. The number of ketones is 1. The molecule has 2 aromatic rings. The average Bonchev–Trinajstić information content (AvgIpc) is 2.36. The van der Waals surface area contributed by atoms with Crippen LogP contribution in [0.25, 0.3) is 10.9 Å². The van der Waals surface area contributed by atoms with E-state index in [0.717, 1.165) is 11.6 Å². The summed E-state index contributed by atoms with van der Waals surface area (Å²) in [4.78, 5) is 16.5. The summed E-state index contributed by atoms with van der Waals surface area (Å²) in [5, 5.41) is 0.913. The first-order valence-electron chi connectivity index (χ1n) is 5.83. The van der Waals surface area contributed by atoms with Gasteiger partial charge in [-0.05, 0) is 26.0 Å². The van der Waals surface area contributed by atoms with Crippen LogP contribution in [0.15, 0.2) is 36.5 Å². The largest absolute Gasteiger partial charge is 0.292 e. The van der Waals surface area contributed by atoms with Crippen LogP contribution in [0.4, 0.5) is 0 Å². The van der Waals surface area contributed by atoms with Gasteiger partial charge in [0.25, 0.3) is 0 Å². The van der Waals surface area contributed by atoms with E-state index in [4.69, 9.17) is 0 Å². The van der Waals surface area contributed by atoms with Gasteiger partial charge in [0.15, 0.2) is 15.6 Å². The second-order valence-electron chi connectivity index (χ2n) is 5.02. The van der Waals surface area contributed by atoms with Gasteiger partial charge in [0.05, 0.1) is 5.52 Å². The van der Waals surface area contributed by atoms with E-state index in [-0.39, 0.29) is 0 Å². The van der Waals surface area contributed by atoms with Crippen LogP contribution >= 0.6 is 0 Å². The minimum atomic E-state index is -3.47. The molecular weight excluding hydrogens is 262 g/mol. The van der Waals surface area contributed by atoms with Crippen molar-refractivity contribution in [3.05, 3.63) is 42.1 Å². The number of pyridine rings is 1. The predicted molar refractivity (Wildman–Crippen MR) is 75.0 cm³/mol. The topological polar surface area (TPSA) is 64.1 Å². The molecule has 0 amide bonds. The third kappa shape index (κ3) is 2.38. The third-order valence-electron chi connectivity index (χ3n) is 3.34. The van der Waals surface area contributed by atoms with Crippen molar-refractivity contribution in [3.8, 4) is 0 Å². The number of sulfone groups is 1. The molecule has 5 heteroatoms. The summed E-state index contributed by atoms with van der Waals surface area (Å²) >= 11 is 0. The Hall–Kier alpha value is -1.75. The van der Waals surface area contributed by atoms with E-state index < -0.39 is 20.4 Å². The van der Waals surface area contributed by atoms with Crippen LogP contribution in [0, 0.1) is 0 Å². The molecule has 4 nitrogen and oxygen atoms in total. The molecule has 0 bridgehead atoms. The average molecular weight is 277 g/mol. The van der Waals surface area contributed by atoms with Crippen LogP contribution in [0.3, 0.4) is 0 Å². The standard InChI is InChI=1S/C14H15NO3S/c1-14(2,19(3,17)18)13(16)11-7-6-10-5-4-8-15-12(10)9-11/h4-9H,1-3H3. The van der Waals surface area contributed by atoms with Crippen molar-refractivity contribution in [2.75, 3.05) is 6.26 Å². The number of rotatable bonds is 3. The Bertz CT molecular complexity index is 748. The van der Waals surface area contributed by atoms with E-state index in [2.05, 4.69) is 4.98 Å². The maximum atomic E-state index is 12.3. The van der Waals surface area contributed by atoms with Crippen molar-refractivity contribution >= 4 is 26.5 Å². The van der Waals surface area contributed by atoms with Gasteiger partial charge >= 0.3 is 0 Å². The summed E-state index contributed by atoms with van der Waals surface area (Å²) in [5.41, 5.74) is 1.04. The summed E-state index contributed by atoms with van der Waals surface area (Å²) in [6.45, 7) is 2.85. The van der Waals surface area contributed by atoms with Crippen LogP contribution in [-0.2, 0) is 9.84 Å². The predicted octanol–water partition coefficient (Wildman–Crippen LogP) is 2.24. The van der Waals surface area contributed by atoms with Crippen molar-refractivity contribution in [2.24, 2.45) is 0 Å². The molecule has 2 rings (SSSR count). The smallest absolute Gasteiger partial charge is 0.183 e. The van der Waals surface area contributed by atoms with Gasteiger partial charge in [-0.25, -0.2) is 8.42 Å². The first-order chi connectivity index (χ1) is 8.73. The second-order valence-corrected chi connectivity index (χ2v) is 7.59. The number of benzene rings is 1. The minimum Gasteiger partial charge on any atom is -0.292 e. The van der Waals surface area contributed by atoms with Crippen LogP contribution in [0.5, 0.6) is 0 Å². The highest BCUT2D eigenvalue weighted by molar-refractivity contribution is 7.92. The molecule has 0 N–H and O–H groups in total. The van der Waals surface area contributed by atoms with Gasteiger partial charge in [0.2, 0.25) is 0 Å². The van der Waals surface area contributed by atoms with E-state index in [1.165, 1.54) is 13.8 Å². The highest BCUT2D eigenvalue weighted by atomic mass is 32.2. The molecule has 0 saturated carbocycles. The van der Waals surface area contributed by atoms with Crippen LogP contribution in [0.2, 0.25) is 0 Å². The summed E-state index contributed by atoms with van der Waals surface area (Å²) < 4.78 is 22.0. The van der Waals surface area contributed by atoms with Gasteiger partial charge in [-0.1, -0.05) is 18.2 Å². The first kappa shape index (κ1) is 13.7. The Morgan fingerprint density at radius 2 is 1.89 bits per heavy atom. The van der Waals surface area contributed by atoms with Crippen molar-refractivity contribution in [1.82, 2.24) is 4.98 Å². The van der Waals surface area contributed by atoms with E-state index in [9.17, 15) is 13.2 Å². The molecule has 0 spiro atoms. The number of aromatic nitrogens is 1. The van der Waals surface area contributed by atoms with Crippen molar-refractivity contribution in [2.45, 2.75) is 18.6 Å². The normalized spacial score (nSPS) is 12.6. The summed E-state index contributed by atoms with van der Waals surface area (Å²) in [6.07, 6.45) is 2.71. The summed E-state index contributed by atoms with van der Waals surface area (Å²) in [5.74, 6) is -0.414. The molecule has 0 saturated heterocycles. The lowest BCUT2D eigenvalue weighted by molar-refractivity contribution is 0.0954. The molecule has 0 aliphatic rings. The summed E-state index contributed by atoms with van der Waals surface area (Å²) in [6, 6.07) is 8.74. The fourth-order valence-electron chi connectivity index (χ4n) is 1.72. The number of nitrogens with zero attached hydrogens (tertiary/aromatic N) is 1. The monoisotopic (exact) mass is 277 g/mol. The lowest BCUT2D eigenvalue weighted by atomic mass is 9.99. The number of hydrogen-bond acceptors (Lipinski definition) is 4. The highest BCUT2D eigenvalue weighted by Crippen LogP contribution is 2.23. The van der Waals surface area contributed by atoms with E-state index in [1.54, 1.807) is 24.4 Å². The molecule has 1 heterocycles. The number of hydrogen-bond donors (Lipinski definition) is 0. The molecule has 0 aliphatic carbocycles. The van der Waals surface area contributed by atoms with Gasteiger partial charge in [-0.15, -0.1) is 0 Å². The van der Waals surface area contributed by atoms with Crippen molar-refractivity contribution < 1.29 is 13.2 Å². The lowest BCUT2D eigenvalue weighted by Gasteiger charge is -2.20. The first-order valence-corrected chi connectivity index (χ1v) is 7.72.